The van der Waals surface area contributed by atoms with Crippen molar-refractivity contribution in [1.82, 2.24) is 0 Å². The molecule has 0 radical (unpaired) electrons. The number of hydrogen-bond acceptors (Lipinski definition) is 3. The van der Waals surface area contributed by atoms with Crippen LogP contribution in [0, 0.1) is 0 Å². The average Bonchev–Trinajstić information content (AvgIpc) is 2.89. The van der Waals surface area contributed by atoms with Crippen molar-refractivity contribution in [2.45, 2.75) is 175 Å². The predicted molar refractivity (Wildman–Crippen MR) is 166 cm³/mol. The molecule has 0 amide bonds. The average molecular weight is 539 g/mol. The molecule has 0 spiro atoms. The molecule has 1 rings (SSSR count). The minimum atomic E-state index is -3.06. The van der Waals surface area contributed by atoms with Gasteiger partial charge in [0.25, 0.3) is 0 Å². The first-order valence-corrected chi connectivity index (χ1v) is 18.0. The molecule has 0 fully saturated rings. The van der Waals surface area contributed by atoms with E-state index >= 15 is 0 Å². The van der Waals surface area contributed by atoms with Crippen molar-refractivity contribution in [2.24, 2.45) is 0 Å². The maximum absolute atomic E-state index is 7.35. The molecule has 0 aliphatic carbocycles. The second kappa shape index (κ2) is 22.2. The molecule has 3 nitrogen and oxygen atoms in total. The summed E-state index contributed by atoms with van der Waals surface area (Å²) in [5.41, 5.74) is 0.348. The van der Waals surface area contributed by atoms with E-state index in [0.29, 0.717) is 5.66 Å². The summed E-state index contributed by atoms with van der Waals surface area (Å²) in [6, 6.07) is 10.4. The molecule has 1 aromatic carbocycles. The van der Waals surface area contributed by atoms with Crippen LogP contribution in [0.1, 0.15) is 157 Å². The Morgan fingerprint density at radius 1 is 0.514 bits per heavy atom. The molecular weight excluding hydrogens is 475 g/mol. The van der Waals surface area contributed by atoms with Gasteiger partial charge in [-0.1, -0.05) is 0 Å². The van der Waals surface area contributed by atoms with Crippen LogP contribution in [0.3, 0.4) is 0 Å². The third-order valence-corrected chi connectivity index (χ3v) is 10.9. The van der Waals surface area contributed by atoms with Gasteiger partial charge in [0, 0.05) is 0 Å². The Hall–Kier alpha value is -0.630. The number of hydrogen-bond donors (Lipinski definition) is 0. The van der Waals surface area contributed by atoms with Gasteiger partial charge in [-0.15, -0.1) is 0 Å². The topological polar surface area (TPSA) is 27.7 Å². The third-order valence-electron chi connectivity index (χ3n) is 7.44. The van der Waals surface area contributed by atoms with E-state index in [4.69, 9.17) is 13.6 Å². The fraction of sp³-hybridized carbons (Fsp3) is 0.818. The molecule has 218 valence electrons. The van der Waals surface area contributed by atoms with E-state index in [9.17, 15) is 0 Å². The van der Waals surface area contributed by atoms with Crippen LogP contribution in [0.5, 0.6) is 5.75 Å². The van der Waals surface area contributed by atoms with Crippen molar-refractivity contribution >= 4 is 7.94 Å². The summed E-state index contributed by atoms with van der Waals surface area (Å²) in [4.78, 5) is 0. The van der Waals surface area contributed by atoms with E-state index < -0.39 is 7.94 Å². The fourth-order valence-corrected chi connectivity index (χ4v) is 9.14. The normalized spacial score (nSPS) is 14.9. The SMILES string of the molecule is CCCCCC(CCC)O[PH](Oc1ccccc1)(OC(CCC)CCCCC)C(CCC)CCCCC. The molecule has 0 N–H and O–H groups in total. The van der Waals surface area contributed by atoms with Gasteiger partial charge in [0.05, 0.1) is 0 Å². The first-order chi connectivity index (χ1) is 18.1. The molecule has 0 bridgehead atoms. The quantitative estimate of drug-likeness (QED) is 0.0915. The molecule has 3 unspecified atom stereocenters. The van der Waals surface area contributed by atoms with E-state index in [1.54, 1.807) is 0 Å². The van der Waals surface area contributed by atoms with Crippen LogP contribution >= 0.6 is 7.94 Å². The van der Waals surface area contributed by atoms with Gasteiger partial charge in [0.1, 0.15) is 0 Å². The Bertz CT molecular complexity index is 601. The summed E-state index contributed by atoms with van der Waals surface area (Å²) in [7, 11) is -3.06. The zero-order valence-corrected chi connectivity index (χ0v) is 26.6. The van der Waals surface area contributed by atoms with Gasteiger partial charge in [-0.05, 0) is 0 Å². The summed E-state index contributed by atoms with van der Waals surface area (Å²) in [6.07, 6.45) is 21.7. The standard InChI is InChI=1S/C33H63O3P/c1-7-13-17-25-30(22-10-4)34-37(36-32-27-20-16-21-28-32,33(24-12-6)29-19-15-9-3)35-31(23-11-5)26-18-14-8-2/h16,20-21,27-28,30-31,33,37H,7-15,17-19,22-26,29H2,1-6H3. The molecule has 0 heterocycles. The molecule has 37 heavy (non-hydrogen) atoms. The van der Waals surface area contributed by atoms with E-state index in [0.717, 1.165) is 63.5 Å². The molecule has 0 aromatic heterocycles. The summed E-state index contributed by atoms with van der Waals surface area (Å²) in [5, 5.41) is 0. The van der Waals surface area contributed by atoms with Crippen LogP contribution in [-0.2, 0) is 9.05 Å². The van der Waals surface area contributed by atoms with Gasteiger partial charge in [-0.25, -0.2) is 0 Å². The van der Waals surface area contributed by atoms with Crippen LogP contribution in [0.15, 0.2) is 30.3 Å². The Morgan fingerprint density at radius 2 is 0.973 bits per heavy atom. The third kappa shape index (κ3) is 14.4. The van der Waals surface area contributed by atoms with E-state index in [1.165, 1.54) is 57.8 Å². The van der Waals surface area contributed by atoms with Crippen molar-refractivity contribution in [3.63, 3.8) is 0 Å². The van der Waals surface area contributed by atoms with Crippen LogP contribution < -0.4 is 4.52 Å². The van der Waals surface area contributed by atoms with Crippen LogP contribution in [0.4, 0.5) is 0 Å². The van der Waals surface area contributed by atoms with E-state index in [1.807, 2.05) is 0 Å². The van der Waals surface area contributed by atoms with Gasteiger partial charge in [0.15, 0.2) is 0 Å². The van der Waals surface area contributed by atoms with Gasteiger partial charge in [-0.2, -0.15) is 0 Å². The monoisotopic (exact) mass is 538 g/mol. The van der Waals surface area contributed by atoms with Crippen LogP contribution in [-0.4, -0.2) is 17.9 Å². The van der Waals surface area contributed by atoms with Crippen molar-refractivity contribution in [2.75, 3.05) is 0 Å². The second-order valence-electron chi connectivity index (χ2n) is 11.0. The summed E-state index contributed by atoms with van der Waals surface area (Å²) >= 11 is 0. The molecule has 4 heteroatoms. The minimum absolute atomic E-state index is 0.218. The van der Waals surface area contributed by atoms with E-state index in [2.05, 4.69) is 71.9 Å². The van der Waals surface area contributed by atoms with Gasteiger partial charge in [0.2, 0.25) is 0 Å². The zero-order chi connectivity index (χ0) is 27.2. The maximum atomic E-state index is 7.35. The Labute approximate surface area is 232 Å². The fourth-order valence-electron chi connectivity index (χ4n) is 5.37. The Kier molecular flexibility index (Phi) is 20.7. The molecule has 0 saturated carbocycles. The van der Waals surface area contributed by atoms with Crippen molar-refractivity contribution in [3.8, 4) is 5.75 Å². The molecule has 0 aliphatic heterocycles. The van der Waals surface area contributed by atoms with Gasteiger partial charge >= 0.3 is 233 Å². The molecule has 0 saturated heterocycles. The van der Waals surface area contributed by atoms with Crippen molar-refractivity contribution in [3.05, 3.63) is 30.3 Å². The molecule has 1 aromatic rings. The van der Waals surface area contributed by atoms with E-state index in [-0.39, 0.29) is 12.2 Å². The molecule has 0 aliphatic rings. The molecular formula is C33H63O3P. The molecule has 3 atom stereocenters. The number of unbranched alkanes of at least 4 members (excludes halogenated alkanes) is 6. The number of rotatable bonds is 25. The summed E-state index contributed by atoms with van der Waals surface area (Å²) in [6.45, 7) is 13.7. The van der Waals surface area contributed by atoms with Crippen molar-refractivity contribution < 1.29 is 13.6 Å². The number of para-hydroxylation sites is 1. The first-order valence-electron chi connectivity index (χ1n) is 16.2. The first kappa shape index (κ1) is 34.4. The predicted octanol–water partition coefficient (Wildman–Crippen LogP) is 11.8. The van der Waals surface area contributed by atoms with Crippen LogP contribution in [0.2, 0.25) is 0 Å². The van der Waals surface area contributed by atoms with Crippen molar-refractivity contribution in [1.29, 1.82) is 0 Å². The second-order valence-corrected chi connectivity index (χ2v) is 13.7. The Morgan fingerprint density at radius 3 is 1.41 bits per heavy atom. The van der Waals surface area contributed by atoms with Gasteiger partial charge < -0.3 is 0 Å². The summed E-state index contributed by atoms with van der Waals surface area (Å²) < 4.78 is 21.8. The zero-order valence-electron chi connectivity index (χ0n) is 25.6. The Balaban J connectivity index is 3.49. The summed E-state index contributed by atoms with van der Waals surface area (Å²) in [5.74, 6) is 0.915. The number of benzene rings is 1. The van der Waals surface area contributed by atoms with Gasteiger partial charge in [-0.3, -0.25) is 0 Å². The van der Waals surface area contributed by atoms with Crippen LogP contribution in [0.25, 0.3) is 0 Å².